The molecule has 2 unspecified atom stereocenters. The summed E-state index contributed by atoms with van der Waals surface area (Å²) in [6.07, 6.45) is 3.05. The number of hydrogen-bond donors (Lipinski definition) is 1. The first kappa shape index (κ1) is 21.6. The molecule has 0 saturated heterocycles. The Morgan fingerprint density at radius 2 is 1.90 bits per heavy atom. The maximum Gasteiger partial charge on any atom is 0.129 e. The third-order valence-electron chi connectivity index (χ3n) is 5.19. The molecule has 1 aliphatic carbocycles. The van der Waals surface area contributed by atoms with Crippen LogP contribution in [0.25, 0.3) is 0 Å². The number of ether oxygens (including phenoxy) is 2. The fraction of sp³-hybridized carbons (Fsp3) is 0.440. The molecule has 0 bridgehead atoms. The number of benzene rings is 2. The van der Waals surface area contributed by atoms with Crippen LogP contribution < -0.4 is 4.74 Å². The lowest BCUT2D eigenvalue weighted by molar-refractivity contribution is 0.0409. The van der Waals surface area contributed by atoms with E-state index in [0.717, 1.165) is 36.1 Å². The largest absolute Gasteiger partial charge is 0.497 e. The summed E-state index contributed by atoms with van der Waals surface area (Å²) in [5, 5.41) is 10.6. The Labute approximate surface area is 176 Å². The van der Waals surface area contributed by atoms with Crippen LogP contribution in [-0.2, 0) is 17.8 Å². The van der Waals surface area contributed by atoms with Gasteiger partial charge >= 0.3 is 0 Å². The molecule has 4 heteroatoms. The van der Waals surface area contributed by atoms with Crippen molar-refractivity contribution >= 4 is 8.07 Å². The van der Waals surface area contributed by atoms with E-state index in [9.17, 15) is 5.11 Å². The van der Waals surface area contributed by atoms with Crippen molar-refractivity contribution in [3.63, 3.8) is 0 Å². The molecule has 0 aliphatic heterocycles. The lowest BCUT2D eigenvalue weighted by atomic mass is 9.99. The summed E-state index contributed by atoms with van der Waals surface area (Å²) < 4.78 is 11.4. The van der Waals surface area contributed by atoms with E-state index in [1.54, 1.807) is 7.11 Å². The van der Waals surface area contributed by atoms with Gasteiger partial charge in [-0.2, -0.15) is 0 Å². The SMILES string of the molecule is COc1ccc(COC2CCc3ccc(C(O)CCC#C[Si](C)(C)C)cc32)cc1. The summed E-state index contributed by atoms with van der Waals surface area (Å²) in [6, 6.07) is 14.3. The van der Waals surface area contributed by atoms with Crippen molar-refractivity contribution in [2.75, 3.05) is 7.11 Å². The molecule has 2 aromatic rings. The highest BCUT2D eigenvalue weighted by atomic mass is 28.3. The van der Waals surface area contributed by atoms with Crippen LogP contribution in [0.5, 0.6) is 5.75 Å². The van der Waals surface area contributed by atoms with Gasteiger partial charge in [-0.3, -0.25) is 0 Å². The van der Waals surface area contributed by atoms with E-state index >= 15 is 0 Å². The minimum absolute atomic E-state index is 0.0888. The number of aliphatic hydroxyl groups is 1. The van der Waals surface area contributed by atoms with Crippen LogP contribution in [0.2, 0.25) is 19.6 Å². The molecule has 154 valence electrons. The Hall–Kier alpha value is -2.06. The minimum atomic E-state index is -1.34. The summed E-state index contributed by atoms with van der Waals surface area (Å²) in [5.74, 6) is 4.11. The van der Waals surface area contributed by atoms with Crippen molar-refractivity contribution in [3.8, 4) is 17.2 Å². The van der Waals surface area contributed by atoms with E-state index < -0.39 is 14.2 Å². The quantitative estimate of drug-likeness (QED) is 0.479. The van der Waals surface area contributed by atoms with Gasteiger partial charge in [-0.15, -0.1) is 11.5 Å². The van der Waals surface area contributed by atoms with Crippen LogP contribution in [0, 0.1) is 11.5 Å². The Balaban J connectivity index is 1.60. The summed E-state index contributed by atoms with van der Waals surface area (Å²) in [5.41, 5.74) is 8.03. The van der Waals surface area contributed by atoms with Crippen molar-refractivity contribution in [1.29, 1.82) is 0 Å². The molecule has 1 N–H and O–H groups in total. The Kier molecular flexibility index (Phi) is 7.18. The molecule has 0 heterocycles. The molecule has 3 rings (SSSR count). The Morgan fingerprint density at radius 3 is 2.59 bits per heavy atom. The molecule has 0 radical (unpaired) electrons. The van der Waals surface area contributed by atoms with Gasteiger partial charge in [0.2, 0.25) is 0 Å². The summed E-state index contributed by atoms with van der Waals surface area (Å²) >= 11 is 0. The zero-order chi connectivity index (χ0) is 20.9. The highest BCUT2D eigenvalue weighted by Crippen LogP contribution is 2.36. The van der Waals surface area contributed by atoms with Crippen LogP contribution in [-0.4, -0.2) is 20.3 Å². The average molecular weight is 409 g/mol. The van der Waals surface area contributed by atoms with Gasteiger partial charge in [0.25, 0.3) is 0 Å². The second-order valence-electron chi connectivity index (χ2n) is 8.75. The number of fused-ring (bicyclic) bond motifs is 1. The van der Waals surface area contributed by atoms with Gasteiger partial charge in [-0.05, 0) is 53.6 Å². The molecule has 0 amide bonds. The monoisotopic (exact) mass is 408 g/mol. The maximum atomic E-state index is 10.6. The molecule has 0 spiro atoms. The van der Waals surface area contributed by atoms with Crippen LogP contribution in [0.15, 0.2) is 42.5 Å². The first-order valence-corrected chi connectivity index (χ1v) is 13.9. The first-order valence-electron chi connectivity index (χ1n) is 10.4. The molecule has 0 fully saturated rings. The van der Waals surface area contributed by atoms with Crippen LogP contribution in [0.1, 0.15) is 53.7 Å². The predicted molar refractivity (Wildman–Crippen MR) is 121 cm³/mol. The zero-order valence-corrected chi connectivity index (χ0v) is 19.0. The van der Waals surface area contributed by atoms with Crippen LogP contribution in [0.3, 0.4) is 0 Å². The fourth-order valence-corrected chi connectivity index (χ4v) is 4.24. The van der Waals surface area contributed by atoms with Crippen molar-refractivity contribution < 1.29 is 14.6 Å². The Bertz CT molecular complexity index is 872. The lowest BCUT2D eigenvalue weighted by Gasteiger charge is -2.16. The number of aliphatic hydroxyl groups excluding tert-OH is 1. The normalized spacial score (nSPS) is 16.7. The second kappa shape index (κ2) is 9.62. The van der Waals surface area contributed by atoms with E-state index in [1.807, 2.05) is 24.3 Å². The smallest absolute Gasteiger partial charge is 0.129 e. The van der Waals surface area contributed by atoms with Crippen molar-refractivity contribution in [1.82, 2.24) is 0 Å². The standard InChI is InChI=1S/C25H32O3Si/c1-27-22-13-8-19(9-14-22)18-28-25-15-12-20-10-11-21(17-23(20)25)24(26)7-5-6-16-29(2,3)4/h8-11,13-14,17,24-26H,5,7,12,15,18H2,1-4H3. The fourth-order valence-electron chi connectivity index (χ4n) is 3.59. The van der Waals surface area contributed by atoms with Gasteiger partial charge in [-0.25, -0.2) is 0 Å². The topological polar surface area (TPSA) is 38.7 Å². The molecular weight excluding hydrogens is 376 g/mol. The number of methoxy groups -OCH3 is 1. The molecular formula is C25H32O3Si. The van der Waals surface area contributed by atoms with Crippen molar-refractivity contribution in [2.24, 2.45) is 0 Å². The molecule has 1 aliphatic rings. The highest BCUT2D eigenvalue weighted by molar-refractivity contribution is 6.83. The predicted octanol–water partition coefficient (Wildman–Crippen LogP) is 5.59. The summed E-state index contributed by atoms with van der Waals surface area (Å²) in [4.78, 5) is 0. The molecule has 2 atom stereocenters. The van der Waals surface area contributed by atoms with Gasteiger partial charge in [0.15, 0.2) is 0 Å². The first-order chi connectivity index (χ1) is 13.9. The number of hydrogen-bond acceptors (Lipinski definition) is 3. The van der Waals surface area contributed by atoms with Crippen molar-refractivity contribution in [2.45, 2.75) is 64.1 Å². The van der Waals surface area contributed by atoms with E-state index in [0.29, 0.717) is 13.0 Å². The Morgan fingerprint density at radius 1 is 1.14 bits per heavy atom. The second-order valence-corrected chi connectivity index (χ2v) is 13.5. The van der Waals surface area contributed by atoms with E-state index in [-0.39, 0.29) is 6.10 Å². The van der Waals surface area contributed by atoms with Gasteiger partial charge in [0.05, 0.1) is 25.9 Å². The van der Waals surface area contributed by atoms with Gasteiger partial charge in [0.1, 0.15) is 13.8 Å². The van der Waals surface area contributed by atoms with Gasteiger partial charge < -0.3 is 14.6 Å². The number of aryl methyl sites for hydroxylation is 1. The van der Waals surface area contributed by atoms with Crippen molar-refractivity contribution in [3.05, 3.63) is 64.7 Å². The number of rotatable bonds is 7. The maximum absolute atomic E-state index is 10.6. The summed E-state index contributed by atoms with van der Waals surface area (Å²) in [6.45, 7) is 7.29. The van der Waals surface area contributed by atoms with E-state index in [4.69, 9.17) is 9.47 Å². The van der Waals surface area contributed by atoms with Crippen LogP contribution >= 0.6 is 0 Å². The van der Waals surface area contributed by atoms with E-state index in [2.05, 4.69) is 49.3 Å². The highest BCUT2D eigenvalue weighted by Gasteiger charge is 2.24. The van der Waals surface area contributed by atoms with Crippen LogP contribution in [0.4, 0.5) is 0 Å². The molecule has 2 aromatic carbocycles. The molecule has 3 nitrogen and oxygen atoms in total. The third kappa shape index (κ3) is 6.21. The minimum Gasteiger partial charge on any atom is -0.497 e. The lowest BCUT2D eigenvalue weighted by Crippen LogP contribution is -2.16. The molecule has 29 heavy (non-hydrogen) atoms. The zero-order valence-electron chi connectivity index (χ0n) is 18.0. The average Bonchev–Trinajstić information content (AvgIpc) is 3.11. The molecule has 0 aromatic heterocycles. The summed E-state index contributed by atoms with van der Waals surface area (Å²) in [7, 11) is 0.332. The molecule has 0 saturated carbocycles. The van der Waals surface area contributed by atoms with Gasteiger partial charge in [0, 0.05) is 6.42 Å². The van der Waals surface area contributed by atoms with Gasteiger partial charge in [-0.1, -0.05) is 50.0 Å². The third-order valence-corrected chi connectivity index (χ3v) is 6.12. The van der Waals surface area contributed by atoms with E-state index in [1.165, 1.54) is 11.1 Å².